The first-order valence-corrected chi connectivity index (χ1v) is 8.81. The molecule has 1 atom stereocenters. The summed E-state index contributed by atoms with van der Waals surface area (Å²) in [6.07, 6.45) is 1.92. The number of hydrogen-bond acceptors (Lipinski definition) is 3. The first-order chi connectivity index (χ1) is 12.2. The number of hydrogen-bond donors (Lipinski definition) is 1. The molecule has 2 aliphatic rings. The summed E-state index contributed by atoms with van der Waals surface area (Å²) in [7, 11) is 0. The molecule has 4 rings (SSSR count). The molecule has 2 heterocycles. The van der Waals surface area contributed by atoms with Crippen molar-refractivity contribution in [3.8, 4) is 11.5 Å². The van der Waals surface area contributed by atoms with Crippen molar-refractivity contribution in [2.24, 2.45) is 0 Å². The predicted octanol–water partition coefficient (Wildman–Crippen LogP) is 4.48. The van der Waals surface area contributed by atoms with Crippen LogP contribution in [0.5, 0.6) is 11.5 Å². The number of rotatable bonds is 2. The number of fused-ring (bicyclic) bond motifs is 1. The van der Waals surface area contributed by atoms with E-state index in [1.807, 2.05) is 23.1 Å². The molecule has 2 aliphatic heterocycles. The second-order valence-electron chi connectivity index (χ2n) is 6.19. The Labute approximate surface area is 151 Å². The zero-order valence-corrected chi connectivity index (χ0v) is 14.5. The van der Waals surface area contributed by atoms with E-state index >= 15 is 0 Å². The van der Waals surface area contributed by atoms with E-state index in [4.69, 9.17) is 21.1 Å². The van der Waals surface area contributed by atoms with Crippen LogP contribution in [0, 0.1) is 0 Å². The van der Waals surface area contributed by atoms with Gasteiger partial charge >= 0.3 is 6.03 Å². The number of ether oxygens (including phenoxy) is 2. The molecule has 0 aliphatic carbocycles. The summed E-state index contributed by atoms with van der Waals surface area (Å²) in [5.41, 5.74) is 1.82. The van der Waals surface area contributed by atoms with Gasteiger partial charge in [0.2, 0.25) is 0 Å². The number of halogens is 1. The van der Waals surface area contributed by atoms with Crippen LogP contribution in [0.3, 0.4) is 0 Å². The maximum absolute atomic E-state index is 12.7. The Hall–Kier alpha value is -2.40. The van der Waals surface area contributed by atoms with Gasteiger partial charge in [-0.05, 0) is 54.8 Å². The first-order valence-electron chi connectivity index (χ1n) is 8.43. The van der Waals surface area contributed by atoms with E-state index < -0.39 is 0 Å². The Morgan fingerprint density at radius 2 is 1.84 bits per heavy atom. The molecule has 1 unspecified atom stereocenters. The van der Waals surface area contributed by atoms with Crippen molar-refractivity contribution in [1.29, 1.82) is 0 Å². The van der Waals surface area contributed by atoms with Gasteiger partial charge in [0.15, 0.2) is 11.5 Å². The van der Waals surface area contributed by atoms with Crippen LogP contribution in [0.4, 0.5) is 10.5 Å². The Morgan fingerprint density at radius 1 is 1.08 bits per heavy atom. The van der Waals surface area contributed by atoms with Gasteiger partial charge in [-0.3, -0.25) is 0 Å². The fourth-order valence-corrected chi connectivity index (χ4v) is 3.48. The normalized spacial score (nSPS) is 18.9. The minimum absolute atomic E-state index is 0.0446. The number of carbonyl (C=O) groups excluding carboxylic acids is 1. The highest BCUT2D eigenvalue weighted by atomic mass is 35.5. The lowest BCUT2D eigenvalue weighted by atomic mass is 10.0. The van der Waals surface area contributed by atoms with Crippen LogP contribution in [0.2, 0.25) is 5.02 Å². The topological polar surface area (TPSA) is 50.8 Å². The molecule has 25 heavy (non-hydrogen) atoms. The molecule has 1 fully saturated rings. The van der Waals surface area contributed by atoms with E-state index in [1.165, 1.54) is 0 Å². The van der Waals surface area contributed by atoms with Crippen LogP contribution >= 0.6 is 11.6 Å². The SMILES string of the molecule is O=C(Nc1ccc(Cl)cc1)N1CCCC1c1ccc2c(c1)OCCO2. The summed E-state index contributed by atoms with van der Waals surface area (Å²) in [6, 6.07) is 13.0. The third-order valence-electron chi connectivity index (χ3n) is 4.56. The number of benzene rings is 2. The maximum atomic E-state index is 12.7. The zero-order chi connectivity index (χ0) is 17.2. The van der Waals surface area contributed by atoms with Gasteiger partial charge in [0.1, 0.15) is 13.2 Å². The molecular formula is C19H19ClN2O3. The molecular weight excluding hydrogens is 340 g/mol. The van der Waals surface area contributed by atoms with Crippen molar-refractivity contribution in [3.63, 3.8) is 0 Å². The summed E-state index contributed by atoms with van der Waals surface area (Å²) >= 11 is 5.89. The molecule has 0 saturated carbocycles. The number of carbonyl (C=O) groups is 1. The van der Waals surface area contributed by atoms with Gasteiger partial charge in [-0.25, -0.2) is 4.79 Å². The van der Waals surface area contributed by atoms with E-state index in [-0.39, 0.29) is 12.1 Å². The van der Waals surface area contributed by atoms with Crippen LogP contribution in [-0.4, -0.2) is 30.7 Å². The molecule has 0 spiro atoms. The lowest BCUT2D eigenvalue weighted by Gasteiger charge is -2.27. The number of amides is 2. The molecule has 0 radical (unpaired) electrons. The van der Waals surface area contributed by atoms with Crippen LogP contribution in [-0.2, 0) is 0 Å². The van der Waals surface area contributed by atoms with Gasteiger partial charge in [0, 0.05) is 17.3 Å². The van der Waals surface area contributed by atoms with Crippen molar-refractivity contribution in [2.75, 3.05) is 25.1 Å². The predicted molar refractivity (Wildman–Crippen MR) is 96.6 cm³/mol. The van der Waals surface area contributed by atoms with Gasteiger partial charge in [-0.15, -0.1) is 0 Å². The summed E-state index contributed by atoms with van der Waals surface area (Å²) in [6.45, 7) is 1.87. The zero-order valence-electron chi connectivity index (χ0n) is 13.7. The molecule has 1 saturated heterocycles. The Kier molecular flexibility index (Phi) is 4.40. The smallest absolute Gasteiger partial charge is 0.322 e. The second-order valence-corrected chi connectivity index (χ2v) is 6.63. The minimum Gasteiger partial charge on any atom is -0.486 e. The van der Waals surface area contributed by atoms with Gasteiger partial charge < -0.3 is 19.7 Å². The van der Waals surface area contributed by atoms with Gasteiger partial charge in [-0.2, -0.15) is 0 Å². The molecule has 6 heteroatoms. The quantitative estimate of drug-likeness (QED) is 0.861. The van der Waals surface area contributed by atoms with Gasteiger partial charge in [0.05, 0.1) is 6.04 Å². The van der Waals surface area contributed by atoms with E-state index in [1.54, 1.807) is 24.3 Å². The average Bonchev–Trinajstić information content (AvgIpc) is 3.13. The van der Waals surface area contributed by atoms with Crippen LogP contribution in [0.1, 0.15) is 24.4 Å². The summed E-state index contributed by atoms with van der Waals surface area (Å²) in [5, 5.41) is 3.59. The Bertz CT molecular complexity index is 779. The summed E-state index contributed by atoms with van der Waals surface area (Å²) in [5.74, 6) is 1.53. The number of likely N-dealkylation sites (tertiary alicyclic amines) is 1. The minimum atomic E-state index is -0.0975. The largest absolute Gasteiger partial charge is 0.486 e. The standard InChI is InChI=1S/C19H19ClN2O3/c20-14-4-6-15(7-5-14)21-19(23)22-9-1-2-16(22)13-3-8-17-18(12-13)25-11-10-24-17/h3-8,12,16H,1-2,9-11H2,(H,21,23). The number of anilines is 1. The van der Waals surface area contributed by atoms with Crippen molar-refractivity contribution in [3.05, 3.63) is 53.1 Å². The fraction of sp³-hybridized carbons (Fsp3) is 0.316. The third kappa shape index (κ3) is 3.37. The Morgan fingerprint density at radius 3 is 2.64 bits per heavy atom. The highest BCUT2D eigenvalue weighted by Gasteiger charge is 2.31. The lowest BCUT2D eigenvalue weighted by molar-refractivity contribution is 0.170. The molecule has 2 aromatic carbocycles. The van der Waals surface area contributed by atoms with E-state index in [0.717, 1.165) is 42.1 Å². The third-order valence-corrected chi connectivity index (χ3v) is 4.81. The highest BCUT2D eigenvalue weighted by molar-refractivity contribution is 6.30. The van der Waals surface area contributed by atoms with Crippen molar-refractivity contribution < 1.29 is 14.3 Å². The Balaban J connectivity index is 1.51. The average molecular weight is 359 g/mol. The molecule has 2 aromatic rings. The lowest BCUT2D eigenvalue weighted by Crippen LogP contribution is -2.34. The van der Waals surface area contributed by atoms with Crippen molar-refractivity contribution in [1.82, 2.24) is 4.90 Å². The van der Waals surface area contributed by atoms with Crippen LogP contribution in [0.15, 0.2) is 42.5 Å². The van der Waals surface area contributed by atoms with E-state index in [9.17, 15) is 4.79 Å². The number of nitrogens with one attached hydrogen (secondary N) is 1. The summed E-state index contributed by atoms with van der Waals surface area (Å²) < 4.78 is 11.2. The molecule has 5 nitrogen and oxygen atoms in total. The number of nitrogens with zero attached hydrogens (tertiary/aromatic N) is 1. The second kappa shape index (κ2) is 6.84. The summed E-state index contributed by atoms with van der Waals surface area (Å²) in [4.78, 5) is 14.6. The molecule has 130 valence electrons. The maximum Gasteiger partial charge on any atom is 0.322 e. The molecule has 1 N–H and O–H groups in total. The van der Waals surface area contributed by atoms with E-state index in [2.05, 4.69) is 5.32 Å². The first kappa shape index (κ1) is 16.1. The van der Waals surface area contributed by atoms with Crippen molar-refractivity contribution in [2.45, 2.75) is 18.9 Å². The molecule has 0 bridgehead atoms. The van der Waals surface area contributed by atoms with E-state index in [0.29, 0.717) is 18.2 Å². The fourth-order valence-electron chi connectivity index (χ4n) is 3.35. The van der Waals surface area contributed by atoms with Gasteiger partial charge in [-0.1, -0.05) is 17.7 Å². The van der Waals surface area contributed by atoms with Crippen LogP contribution < -0.4 is 14.8 Å². The highest BCUT2D eigenvalue weighted by Crippen LogP contribution is 2.38. The number of urea groups is 1. The van der Waals surface area contributed by atoms with Crippen molar-refractivity contribution >= 4 is 23.3 Å². The van der Waals surface area contributed by atoms with Crippen LogP contribution in [0.25, 0.3) is 0 Å². The van der Waals surface area contributed by atoms with Gasteiger partial charge in [0.25, 0.3) is 0 Å². The molecule has 0 aromatic heterocycles. The monoisotopic (exact) mass is 358 g/mol. The molecule has 2 amide bonds.